The first-order valence-electron chi connectivity index (χ1n) is 8.58. The Hall–Kier alpha value is -3.26. The van der Waals surface area contributed by atoms with Gasteiger partial charge in [-0.3, -0.25) is 19.1 Å². The summed E-state index contributed by atoms with van der Waals surface area (Å²) in [7, 11) is 0. The maximum Gasteiger partial charge on any atom is 0.266 e. The highest BCUT2D eigenvalue weighted by atomic mass is 79.9. The Balaban J connectivity index is 1.48. The lowest BCUT2D eigenvalue weighted by molar-refractivity contribution is 0.0919. The fourth-order valence-electron chi connectivity index (χ4n) is 3.06. The van der Waals surface area contributed by atoms with Crippen LogP contribution in [0.1, 0.15) is 31.1 Å². The average molecular weight is 439 g/mol. The van der Waals surface area contributed by atoms with E-state index in [0.29, 0.717) is 35.5 Å². The number of nitrogens with one attached hydrogen (secondary N) is 1. The van der Waals surface area contributed by atoms with Gasteiger partial charge in [-0.1, -0.05) is 18.2 Å². The first-order chi connectivity index (χ1) is 13.5. The molecule has 0 saturated heterocycles. The van der Waals surface area contributed by atoms with E-state index >= 15 is 0 Å². The molecule has 140 valence electrons. The molecule has 0 unspecified atom stereocenters. The molecular formula is C20H15BrN4O3. The second kappa shape index (κ2) is 7.40. The number of halogens is 1. The van der Waals surface area contributed by atoms with Gasteiger partial charge in [0.05, 0.1) is 34.0 Å². The van der Waals surface area contributed by atoms with Gasteiger partial charge in [0, 0.05) is 18.3 Å². The molecule has 3 aromatic rings. The highest BCUT2D eigenvalue weighted by Crippen LogP contribution is 2.28. The van der Waals surface area contributed by atoms with Gasteiger partial charge in [-0.15, -0.1) is 0 Å². The third kappa shape index (κ3) is 3.34. The first-order valence-corrected chi connectivity index (χ1v) is 9.38. The number of hydrogen-bond acceptors (Lipinski definition) is 4. The van der Waals surface area contributed by atoms with Crippen molar-refractivity contribution < 1.29 is 14.4 Å². The smallest absolute Gasteiger partial charge is 0.266 e. The van der Waals surface area contributed by atoms with Crippen LogP contribution in [0.5, 0.6) is 0 Å². The van der Waals surface area contributed by atoms with Gasteiger partial charge in [0.15, 0.2) is 0 Å². The number of anilines is 1. The molecule has 1 N–H and O–H groups in total. The molecule has 4 rings (SSSR count). The monoisotopic (exact) mass is 438 g/mol. The average Bonchev–Trinajstić information content (AvgIpc) is 3.23. The Morgan fingerprint density at radius 3 is 2.39 bits per heavy atom. The molecule has 0 spiro atoms. The summed E-state index contributed by atoms with van der Waals surface area (Å²) in [5, 5.41) is 6.94. The van der Waals surface area contributed by atoms with Gasteiger partial charge >= 0.3 is 0 Å². The molecule has 2 aromatic carbocycles. The Bertz CT molecular complexity index is 1060. The van der Waals surface area contributed by atoms with Crippen LogP contribution in [0.3, 0.4) is 0 Å². The summed E-state index contributed by atoms with van der Waals surface area (Å²) in [6.45, 7) is 0.916. The quantitative estimate of drug-likeness (QED) is 0.620. The molecule has 0 radical (unpaired) electrons. The Kier molecular flexibility index (Phi) is 4.79. The minimum absolute atomic E-state index is 0.287. The highest BCUT2D eigenvalue weighted by molar-refractivity contribution is 9.10. The zero-order chi connectivity index (χ0) is 19.7. The number of hydrogen-bond donors (Lipinski definition) is 1. The van der Waals surface area contributed by atoms with Crippen LogP contribution in [-0.4, -0.2) is 34.0 Å². The number of rotatable bonds is 5. The van der Waals surface area contributed by atoms with Gasteiger partial charge in [0.1, 0.15) is 0 Å². The van der Waals surface area contributed by atoms with Crippen molar-refractivity contribution in [2.75, 3.05) is 11.4 Å². The van der Waals surface area contributed by atoms with Gasteiger partial charge in [-0.2, -0.15) is 5.10 Å². The van der Waals surface area contributed by atoms with Crippen LogP contribution in [0.2, 0.25) is 0 Å². The van der Waals surface area contributed by atoms with Crippen molar-refractivity contribution >= 4 is 39.3 Å². The third-order valence-corrected chi connectivity index (χ3v) is 4.80. The van der Waals surface area contributed by atoms with Gasteiger partial charge in [0.25, 0.3) is 17.7 Å². The lowest BCUT2D eigenvalue weighted by atomic mass is 10.1. The zero-order valence-electron chi connectivity index (χ0n) is 14.6. The molecule has 2 heterocycles. The van der Waals surface area contributed by atoms with Crippen LogP contribution in [0.25, 0.3) is 0 Å². The standard InChI is InChI=1S/C20H15BrN4O3/c21-14-11-23-24(12-14)9-8-22-18(26)13-4-3-5-15(10-13)25-19(27)16-6-1-2-7-17(16)20(25)28/h1-7,10-12H,8-9H2,(H,22,26). The molecule has 0 atom stereocenters. The number of carbonyl (C=O) groups is 3. The van der Waals surface area contributed by atoms with Crippen molar-refractivity contribution in [2.24, 2.45) is 0 Å². The molecule has 0 bridgehead atoms. The second-order valence-electron chi connectivity index (χ2n) is 6.22. The van der Waals surface area contributed by atoms with Crippen LogP contribution in [0, 0.1) is 0 Å². The van der Waals surface area contributed by atoms with Crippen molar-refractivity contribution in [1.29, 1.82) is 0 Å². The topological polar surface area (TPSA) is 84.3 Å². The van der Waals surface area contributed by atoms with Crippen LogP contribution in [0.4, 0.5) is 5.69 Å². The van der Waals surface area contributed by atoms with E-state index in [1.54, 1.807) is 59.4 Å². The van der Waals surface area contributed by atoms with E-state index in [0.717, 1.165) is 9.37 Å². The molecule has 28 heavy (non-hydrogen) atoms. The van der Waals surface area contributed by atoms with E-state index in [1.165, 1.54) is 0 Å². The van der Waals surface area contributed by atoms with E-state index in [2.05, 4.69) is 26.3 Å². The fourth-order valence-corrected chi connectivity index (χ4v) is 3.38. The van der Waals surface area contributed by atoms with Crippen molar-refractivity contribution in [3.8, 4) is 0 Å². The molecule has 0 aliphatic carbocycles. The summed E-state index contributed by atoms with van der Waals surface area (Å²) in [5.41, 5.74) is 1.48. The fraction of sp³-hybridized carbons (Fsp3) is 0.100. The Morgan fingerprint density at radius 2 is 1.75 bits per heavy atom. The predicted octanol–water partition coefficient (Wildman–Crippen LogP) is 2.88. The van der Waals surface area contributed by atoms with E-state index in [9.17, 15) is 14.4 Å². The lowest BCUT2D eigenvalue weighted by Gasteiger charge is -2.15. The molecule has 3 amide bonds. The number of benzene rings is 2. The van der Waals surface area contributed by atoms with Crippen molar-refractivity contribution in [3.63, 3.8) is 0 Å². The SMILES string of the molecule is O=C(NCCn1cc(Br)cn1)c1cccc(N2C(=O)c3ccccc3C2=O)c1. The number of nitrogens with zero attached hydrogens (tertiary/aromatic N) is 3. The predicted molar refractivity (Wildman–Crippen MR) is 106 cm³/mol. The third-order valence-electron chi connectivity index (χ3n) is 4.39. The normalized spacial score (nSPS) is 13.0. The van der Waals surface area contributed by atoms with E-state index in [-0.39, 0.29) is 17.7 Å². The first kappa shape index (κ1) is 18.1. The summed E-state index contributed by atoms with van der Waals surface area (Å²) in [6, 6.07) is 13.2. The molecule has 7 nitrogen and oxygen atoms in total. The zero-order valence-corrected chi connectivity index (χ0v) is 16.2. The minimum Gasteiger partial charge on any atom is -0.350 e. The molecule has 0 saturated carbocycles. The second-order valence-corrected chi connectivity index (χ2v) is 7.13. The van der Waals surface area contributed by atoms with Crippen molar-refractivity contribution in [2.45, 2.75) is 6.54 Å². The summed E-state index contributed by atoms with van der Waals surface area (Å²) in [4.78, 5) is 38.8. The number of imide groups is 1. The van der Waals surface area contributed by atoms with E-state index in [1.807, 2.05) is 6.20 Å². The molecule has 8 heteroatoms. The van der Waals surface area contributed by atoms with Gasteiger partial charge < -0.3 is 5.32 Å². The number of amides is 3. The summed E-state index contributed by atoms with van der Waals surface area (Å²) in [6.07, 6.45) is 3.49. The lowest BCUT2D eigenvalue weighted by Crippen LogP contribution is -2.30. The maximum atomic E-state index is 12.6. The molecule has 1 aliphatic rings. The molecule has 1 aliphatic heterocycles. The van der Waals surface area contributed by atoms with Crippen molar-refractivity contribution in [1.82, 2.24) is 15.1 Å². The Morgan fingerprint density at radius 1 is 1.04 bits per heavy atom. The number of carbonyl (C=O) groups excluding carboxylic acids is 3. The van der Waals surface area contributed by atoms with Crippen molar-refractivity contribution in [3.05, 3.63) is 82.1 Å². The van der Waals surface area contributed by atoms with E-state index in [4.69, 9.17) is 0 Å². The summed E-state index contributed by atoms with van der Waals surface area (Å²) >= 11 is 3.32. The van der Waals surface area contributed by atoms with Crippen LogP contribution < -0.4 is 10.2 Å². The van der Waals surface area contributed by atoms with Crippen LogP contribution >= 0.6 is 15.9 Å². The molecular weight excluding hydrogens is 424 g/mol. The minimum atomic E-state index is -0.387. The Labute approximate surface area is 169 Å². The van der Waals surface area contributed by atoms with Crippen LogP contribution in [-0.2, 0) is 6.54 Å². The van der Waals surface area contributed by atoms with Crippen LogP contribution in [0.15, 0.2) is 65.4 Å². The molecule has 1 aromatic heterocycles. The van der Waals surface area contributed by atoms with Gasteiger partial charge in [-0.05, 0) is 46.3 Å². The largest absolute Gasteiger partial charge is 0.350 e. The summed E-state index contributed by atoms with van der Waals surface area (Å²) in [5.74, 6) is -1.06. The number of aromatic nitrogens is 2. The highest BCUT2D eigenvalue weighted by Gasteiger charge is 2.36. The number of fused-ring (bicyclic) bond motifs is 1. The van der Waals surface area contributed by atoms with Gasteiger partial charge in [-0.25, -0.2) is 4.90 Å². The maximum absolute atomic E-state index is 12.6. The van der Waals surface area contributed by atoms with Gasteiger partial charge in [0.2, 0.25) is 0 Å². The molecule has 0 fully saturated rings. The summed E-state index contributed by atoms with van der Waals surface area (Å²) < 4.78 is 2.58. The van der Waals surface area contributed by atoms with E-state index < -0.39 is 0 Å².